The zero-order valence-corrected chi connectivity index (χ0v) is 26.7. The number of ether oxygens (including phenoxy) is 1. The number of nitrogens with one attached hydrogen (secondary N) is 3. The molecule has 1 unspecified atom stereocenters. The normalized spacial score (nSPS) is 23.6. The second-order valence-corrected chi connectivity index (χ2v) is 13.5. The van der Waals surface area contributed by atoms with Crippen molar-refractivity contribution in [2.45, 2.75) is 120 Å². The van der Waals surface area contributed by atoms with Crippen molar-refractivity contribution in [2.24, 2.45) is 11.8 Å². The van der Waals surface area contributed by atoms with E-state index in [0.29, 0.717) is 31.4 Å². The Balaban J connectivity index is 1.87. The largest absolute Gasteiger partial charge is 0.447 e. The van der Waals surface area contributed by atoms with Crippen LogP contribution < -0.4 is 16.0 Å². The van der Waals surface area contributed by atoms with E-state index < -0.39 is 24.2 Å². The third-order valence-electron chi connectivity index (χ3n) is 7.65. The Labute approximate surface area is 251 Å². The molecule has 0 aromatic rings. The summed E-state index contributed by atoms with van der Waals surface area (Å²) in [4.78, 5) is 55.2. The van der Waals surface area contributed by atoms with Gasteiger partial charge in [0.1, 0.15) is 12.1 Å². The summed E-state index contributed by atoms with van der Waals surface area (Å²) in [7, 11) is 0. The van der Waals surface area contributed by atoms with E-state index in [0.717, 1.165) is 37.7 Å². The van der Waals surface area contributed by atoms with E-state index in [1.165, 1.54) is 0 Å². The molecule has 1 aliphatic heterocycles. The first-order chi connectivity index (χ1) is 19.0. The number of carbonyl (C=O) groups is 4. The van der Waals surface area contributed by atoms with Crippen LogP contribution in [0.4, 0.5) is 4.79 Å². The highest BCUT2D eigenvalue weighted by atomic mass is 127. The van der Waals surface area contributed by atoms with Crippen molar-refractivity contribution >= 4 is 46.4 Å². The number of halogens is 1. The number of hydrogen-bond donors (Lipinski definition) is 4. The van der Waals surface area contributed by atoms with Gasteiger partial charge in [-0.15, -0.1) is 0 Å². The molecule has 1 saturated heterocycles. The number of rotatable bonds is 14. The summed E-state index contributed by atoms with van der Waals surface area (Å²) >= 11 is 2.29. The minimum absolute atomic E-state index is 0.00456. The molecule has 2 aliphatic carbocycles. The fourth-order valence-corrected chi connectivity index (χ4v) is 6.56. The number of alkyl carbamates (subject to hydrolysis) is 1. The van der Waals surface area contributed by atoms with E-state index in [1.807, 2.05) is 20.8 Å². The van der Waals surface area contributed by atoms with Gasteiger partial charge in [0.2, 0.25) is 17.7 Å². The van der Waals surface area contributed by atoms with E-state index in [4.69, 9.17) is 4.74 Å². The number of likely N-dealkylation sites (tertiary alicyclic amines) is 1. The first-order valence-electron chi connectivity index (χ1n) is 14.8. The van der Waals surface area contributed by atoms with Gasteiger partial charge in [-0.2, -0.15) is 0 Å². The zero-order valence-electron chi connectivity index (χ0n) is 24.5. The second kappa shape index (κ2) is 14.8. The van der Waals surface area contributed by atoms with E-state index >= 15 is 0 Å². The number of nitrogens with zero attached hydrogens (tertiary/aromatic N) is 1. The molecule has 2 saturated carbocycles. The smallest absolute Gasteiger partial charge is 0.408 e. The van der Waals surface area contributed by atoms with Crippen LogP contribution in [0.3, 0.4) is 0 Å². The maximum atomic E-state index is 14.1. The molecule has 226 valence electrons. The predicted molar refractivity (Wildman–Crippen MR) is 161 cm³/mol. The Morgan fingerprint density at radius 2 is 1.77 bits per heavy atom. The summed E-state index contributed by atoms with van der Waals surface area (Å²) in [5.74, 6) is -1.12. The van der Waals surface area contributed by atoms with Gasteiger partial charge in [0.05, 0.1) is 12.1 Å². The van der Waals surface area contributed by atoms with E-state index in [-0.39, 0.29) is 52.2 Å². The van der Waals surface area contributed by atoms with Crippen LogP contribution in [-0.2, 0) is 19.1 Å². The third-order valence-corrected chi connectivity index (χ3v) is 8.97. The van der Waals surface area contributed by atoms with Crippen LogP contribution in [-0.4, -0.2) is 81.2 Å². The molecule has 0 aromatic heterocycles. The Morgan fingerprint density at radius 1 is 1.10 bits per heavy atom. The molecule has 0 radical (unpaired) electrons. The van der Waals surface area contributed by atoms with E-state index in [9.17, 15) is 24.3 Å². The fourth-order valence-electron chi connectivity index (χ4n) is 5.38. The molecule has 40 heavy (non-hydrogen) atoms. The zero-order chi connectivity index (χ0) is 29.6. The third kappa shape index (κ3) is 8.80. The molecule has 11 heteroatoms. The number of amides is 4. The second-order valence-electron chi connectivity index (χ2n) is 11.9. The average molecular weight is 675 g/mol. The van der Waals surface area contributed by atoms with E-state index in [1.54, 1.807) is 18.7 Å². The number of alkyl halides is 1. The molecular weight excluding hydrogens is 627 g/mol. The summed E-state index contributed by atoms with van der Waals surface area (Å²) in [5, 5.41) is 18.5. The molecule has 5 atom stereocenters. The Hall–Kier alpha value is -1.89. The van der Waals surface area contributed by atoms with Crippen molar-refractivity contribution in [3.8, 4) is 0 Å². The molecule has 3 fully saturated rings. The van der Waals surface area contributed by atoms with Crippen LogP contribution in [0.25, 0.3) is 0 Å². The summed E-state index contributed by atoms with van der Waals surface area (Å²) < 4.78 is 5.22. The molecule has 3 rings (SSSR count). The molecular formula is C29H47IN4O6. The molecule has 0 aromatic carbocycles. The summed E-state index contributed by atoms with van der Waals surface area (Å²) in [6.07, 6.45) is 5.18. The van der Waals surface area contributed by atoms with Gasteiger partial charge in [-0.05, 0) is 64.7 Å². The van der Waals surface area contributed by atoms with Crippen molar-refractivity contribution in [3.05, 3.63) is 11.1 Å². The SMILES string of the molecule is CCCC(NC(=O)[C@@H]1[C@@H](CCCO)[C@@H](I)CN1C(=O)[C@@H](NC(=O)OC(C)C)C(C)C)C(C(=O)NC1CC1)=C1CC1. The van der Waals surface area contributed by atoms with Gasteiger partial charge in [-0.3, -0.25) is 14.4 Å². The van der Waals surface area contributed by atoms with Gasteiger partial charge in [0.25, 0.3) is 0 Å². The van der Waals surface area contributed by atoms with Crippen LogP contribution in [0.5, 0.6) is 0 Å². The van der Waals surface area contributed by atoms with Gasteiger partial charge in [-0.1, -0.05) is 55.4 Å². The Bertz CT molecular complexity index is 960. The summed E-state index contributed by atoms with van der Waals surface area (Å²) in [6.45, 7) is 9.54. The summed E-state index contributed by atoms with van der Waals surface area (Å²) in [5.41, 5.74) is 1.77. The number of aliphatic hydroxyl groups excluding tert-OH is 1. The lowest BCUT2D eigenvalue weighted by Crippen LogP contribution is -2.57. The Morgan fingerprint density at radius 3 is 2.30 bits per heavy atom. The molecule has 3 aliphatic rings. The topological polar surface area (TPSA) is 137 Å². The lowest BCUT2D eigenvalue weighted by atomic mass is 9.92. The highest BCUT2D eigenvalue weighted by Crippen LogP contribution is 2.37. The summed E-state index contributed by atoms with van der Waals surface area (Å²) in [6, 6.07) is -1.85. The van der Waals surface area contributed by atoms with Crippen molar-refractivity contribution in [1.82, 2.24) is 20.9 Å². The average Bonchev–Trinajstić information content (AvgIpc) is 3.80. The highest BCUT2D eigenvalue weighted by molar-refractivity contribution is 14.1. The van der Waals surface area contributed by atoms with Crippen LogP contribution >= 0.6 is 22.6 Å². The van der Waals surface area contributed by atoms with Crippen LogP contribution in [0.15, 0.2) is 11.1 Å². The van der Waals surface area contributed by atoms with Crippen molar-refractivity contribution in [1.29, 1.82) is 0 Å². The van der Waals surface area contributed by atoms with Gasteiger partial charge in [-0.25, -0.2) is 4.79 Å². The highest BCUT2D eigenvalue weighted by Gasteiger charge is 2.49. The molecule has 4 N–H and O–H groups in total. The van der Waals surface area contributed by atoms with Crippen molar-refractivity contribution < 1.29 is 29.0 Å². The fraction of sp³-hybridized carbons (Fsp3) is 0.793. The number of hydrogen-bond acceptors (Lipinski definition) is 6. The first kappa shape index (κ1) is 32.6. The van der Waals surface area contributed by atoms with Crippen LogP contribution in [0, 0.1) is 11.8 Å². The molecule has 4 amide bonds. The maximum absolute atomic E-state index is 14.1. The standard InChI is InChI=1S/C29H47IN4O6/c1-6-8-22(23(18-10-11-18)26(36)31-19-12-13-19)32-27(37)25-20(9-7-14-35)21(30)15-34(25)28(38)24(16(2)3)33-29(39)40-17(4)5/h16-17,19-22,24-25,35H,6-15H2,1-5H3,(H,31,36)(H,32,37)(H,33,39)/t20-,21-,22?,24-,25-/m0/s1. The van der Waals surface area contributed by atoms with Crippen molar-refractivity contribution in [3.63, 3.8) is 0 Å². The first-order valence-corrected chi connectivity index (χ1v) is 16.1. The van der Waals surface area contributed by atoms with Crippen LogP contribution in [0.2, 0.25) is 0 Å². The quantitative estimate of drug-likeness (QED) is 0.127. The number of aliphatic hydroxyl groups is 1. The minimum atomic E-state index is -0.860. The lowest BCUT2D eigenvalue weighted by molar-refractivity contribution is -0.142. The van der Waals surface area contributed by atoms with Crippen molar-refractivity contribution in [2.75, 3.05) is 13.2 Å². The van der Waals surface area contributed by atoms with Gasteiger partial charge in [0.15, 0.2) is 0 Å². The monoisotopic (exact) mass is 674 g/mol. The predicted octanol–water partition coefficient (Wildman–Crippen LogP) is 3.20. The Kier molecular flexibility index (Phi) is 12.1. The van der Waals surface area contributed by atoms with Gasteiger partial charge in [0, 0.05) is 34.6 Å². The number of carbonyl (C=O) groups excluding carboxylic acids is 4. The van der Waals surface area contributed by atoms with Crippen LogP contribution in [0.1, 0.15) is 86.0 Å². The van der Waals surface area contributed by atoms with E-state index in [2.05, 4.69) is 38.5 Å². The minimum Gasteiger partial charge on any atom is -0.447 e. The molecule has 0 spiro atoms. The molecule has 1 heterocycles. The lowest BCUT2D eigenvalue weighted by Gasteiger charge is -2.33. The molecule has 0 bridgehead atoms. The van der Waals surface area contributed by atoms with Gasteiger partial charge < -0.3 is 30.7 Å². The van der Waals surface area contributed by atoms with Gasteiger partial charge >= 0.3 is 6.09 Å². The maximum Gasteiger partial charge on any atom is 0.408 e. The molecule has 10 nitrogen and oxygen atoms in total. The number of allylic oxidation sites excluding steroid dienone is 1.